The Morgan fingerprint density at radius 1 is 1.19 bits per heavy atom. The van der Waals surface area contributed by atoms with Gasteiger partial charge in [-0.05, 0) is 46.3 Å². The fraction of sp³-hybridized carbons (Fsp3) is 1.00. The lowest BCUT2D eigenvalue weighted by atomic mass is 10.1. The van der Waals surface area contributed by atoms with Crippen molar-refractivity contribution in [1.29, 1.82) is 0 Å². The molecular weight excluding hydrogens is 200 g/mol. The van der Waals surface area contributed by atoms with Crippen LogP contribution in [0.2, 0.25) is 0 Å². The summed E-state index contributed by atoms with van der Waals surface area (Å²) in [6.07, 6.45) is 4.12. The van der Waals surface area contributed by atoms with E-state index in [1.807, 2.05) is 13.8 Å². The van der Waals surface area contributed by atoms with Crippen molar-refractivity contribution in [1.82, 2.24) is 9.80 Å². The van der Waals surface area contributed by atoms with Gasteiger partial charge in [-0.3, -0.25) is 4.90 Å². The van der Waals surface area contributed by atoms with E-state index in [0.717, 1.165) is 26.2 Å². The molecule has 0 aromatic carbocycles. The first-order chi connectivity index (χ1) is 7.51. The van der Waals surface area contributed by atoms with Crippen LogP contribution in [0.15, 0.2) is 0 Å². The number of hydrogen-bond donors (Lipinski definition) is 1. The second kappa shape index (κ2) is 6.58. The van der Waals surface area contributed by atoms with Gasteiger partial charge in [-0.1, -0.05) is 13.3 Å². The van der Waals surface area contributed by atoms with Gasteiger partial charge in [-0.2, -0.15) is 0 Å². The first-order valence-electron chi connectivity index (χ1n) is 6.68. The maximum Gasteiger partial charge on any atom is 0.0718 e. The molecule has 1 aliphatic heterocycles. The third-order valence-corrected chi connectivity index (χ3v) is 3.24. The predicted molar refractivity (Wildman–Crippen MR) is 68.7 cm³/mol. The summed E-state index contributed by atoms with van der Waals surface area (Å²) in [5.41, 5.74) is -0.572. The highest BCUT2D eigenvalue weighted by molar-refractivity contribution is 4.73. The smallest absolute Gasteiger partial charge is 0.0718 e. The van der Waals surface area contributed by atoms with Gasteiger partial charge in [0.15, 0.2) is 0 Å². The molecule has 0 aromatic rings. The third kappa shape index (κ3) is 5.83. The van der Waals surface area contributed by atoms with E-state index >= 15 is 0 Å². The van der Waals surface area contributed by atoms with Crippen molar-refractivity contribution in [3.8, 4) is 0 Å². The average molecular weight is 228 g/mol. The molecule has 0 saturated carbocycles. The summed E-state index contributed by atoms with van der Waals surface area (Å²) in [4.78, 5) is 4.89. The number of rotatable bonds is 6. The summed E-state index contributed by atoms with van der Waals surface area (Å²) in [5.74, 6) is 0. The Labute approximate surface area is 100 Å². The molecular formula is C13H28N2O. The fourth-order valence-electron chi connectivity index (χ4n) is 2.36. The van der Waals surface area contributed by atoms with Crippen LogP contribution in [-0.2, 0) is 0 Å². The van der Waals surface area contributed by atoms with Crippen LogP contribution in [0.3, 0.4) is 0 Å². The standard InChI is InChI=1S/C13H28N2O/c1-4-14(12-13(2,3)16)10-11-15-8-6-5-7-9-15/h16H,4-12H2,1-3H3. The largest absolute Gasteiger partial charge is 0.389 e. The Balaban J connectivity index is 2.22. The van der Waals surface area contributed by atoms with Gasteiger partial charge in [0.1, 0.15) is 0 Å². The van der Waals surface area contributed by atoms with Gasteiger partial charge in [0.25, 0.3) is 0 Å². The molecule has 1 rings (SSSR count). The second-order valence-corrected chi connectivity index (χ2v) is 5.58. The second-order valence-electron chi connectivity index (χ2n) is 5.58. The van der Waals surface area contributed by atoms with E-state index in [4.69, 9.17) is 0 Å². The van der Waals surface area contributed by atoms with Crippen molar-refractivity contribution in [2.24, 2.45) is 0 Å². The molecule has 0 radical (unpaired) electrons. The minimum Gasteiger partial charge on any atom is -0.389 e. The molecule has 0 amide bonds. The number of piperidine rings is 1. The minimum absolute atomic E-state index is 0.572. The van der Waals surface area contributed by atoms with Gasteiger partial charge in [-0.15, -0.1) is 0 Å². The summed E-state index contributed by atoms with van der Waals surface area (Å²) >= 11 is 0. The lowest BCUT2D eigenvalue weighted by Gasteiger charge is -2.32. The van der Waals surface area contributed by atoms with Gasteiger partial charge in [0.2, 0.25) is 0 Å². The SMILES string of the molecule is CCN(CCN1CCCCC1)CC(C)(C)O. The molecule has 1 saturated heterocycles. The quantitative estimate of drug-likeness (QED) is 0.747. The molecule has 0 aliphatic carbocycles. The molecule has 3 nitrogen and oxygen atoms in total. The van der Waals surface area contributed by atoms with Gasteiger partial charge in [0, 0.05) is 19.6 Å². The Morgan fingerprint density at radius 2 is 1.81 bits per heavy atom. The molecule has 0 unspecified atom stereocenters. The lowest BCUT2D eigenvalue weighted by Crippen LogP contribution is -2.43. The molecule has 0 bridgehead atoms. The highest BCUT2D eigenvalue weighted by Gasteiger charge is 2.18. The van der Waals surface area contributed by atoms with Gasteiger partial charge in [0.05, 0.1) is 5.60 Å². The van der Waals surface area contributed by atoms with Gasteiger partial charge < -0.3 is 10.0 Å². The van der Waals surface area contributed by atoms with Gasteiger partial charge in [-0.25, -0.2) is 0 Å². The van der Waals surface area contributed by atoms with Crippen LogP contribution in [0.1, 0.15) is 40.0 Å². The minimum atomic E-state index is -0.572. The van der Waals surface area contributed by atoms with Crippen molar-refractivity contribution in [3.05, 3.63) is 0 Å². The summed E-state index contributed by atoms with van der Waals surface area (Å²) < 4.78 is 0. The summed E-state index contributed by atoms with van der Waals surface area (Å²) in [7, 11) is 0. The molecule has 1 N–H and O–H groups in total. The van der Waals surface area contributed by atoms with Crippen LogP contribution in [0, 0.1) is 0 Å². The Morgan fingerprint density at radius 3 is 2.31 bits per heavy atom. The van der Waals surface area contributed by atoms with Crippen molar-refractivity contribution in [3.63, 3.8) is 0 Å². The summed E-state index contributed by atoms with van der Waals surface area (Å²) in [6.45, 7) is 12.5. The first kappa shape index (κ1) is 13.9. The normalized spacial score (nSPS) is 19.3. The number of aliphatic hydroxyl groups is 1. The first-order valence-corrected chi connectivity index (χ1v) is 6.68. The van der Waals surface area contributed by atoms with Crippen LogP contribution >= 0.6 is 0 Å². The van der Waals surface area contributed by atoms with Crippen molar-refractivity contribution in [2.75, 3.05) is 39.3 Å². The molecule has 0 aromatic heterocycles. The van der Waals surface area contributed by atoms with Crippen molar-refractivity contribution in [2.45, 2.75) is 45.6 Å². The van der Waals surface area contributed by atoms with Crippen LogP contribution < -0.4 is 0 Å². The third-order valence-electron chi connectivity index (χ3n) is 3.24. The average Bonchev–Trinajstić information content (AvgIpc) is 2.24. The van der Waals surface area contributed by atoms with E-state index in [2.05, 4.69) is 16.7 Å². The Kier molecular flexibility index (Phi) is 5.73. The molecule has 96 valence electrons. The van der Waals surface area contributed by atoms with Crippen LogP contribution in [0.5, 0.6) is 0 Å². The van der Waals surface area contributed by atoms with Crippen molar-refractivity contribution >= 4 is 0 Å². The Hall–Kier alpha value is -0.120. The topological polar surface area (TPSA) is 26.7 Å². The highest BCUT2D eigenvalue weighted by atomic mass is 16.3. The molecule has 1 heterocycles. The van der Waals surface area contributed by atoms with E-state index in [1.165, 1.54) is 32.4 Å². The van der Waals surface area contributed by atoms with E-state index in [0.29, 0.717) is 0 Å². The van der Waals surface area contributed by atoms with Gasteiger partial charge >= 0.3 is 0 Å². The maximum absolute atomic E-state index is 9.80. The molecule has 1 fully saturated rings. The summed E-state index contributed by atoms with van der Waals surface area (Å²) in [6, 6.07) is 0. The van der Waals surface area contributed by atoms with Crippen LogP contribution in [0.4, 0.5) is 0 Å². The zero-order chi connectivity index (χ0) is 12.0. The number of hydrogen-bond acceptors (Lipinski definition) is 3. The molecule has 16 heavy (non-hydrogen) atoms. The monoisotopic (exact) mass is 228 g/mol. The maximum atomic E-state index is 9.80. The molecule has 0 atom stereocenters. The zero-order valence-corrected chi connectivity index (χ0v) is 11.2. The number of likely N-dealkylation sites (N-methyl/N-ethyl adjacent to an activating group) is 1. The number of likely N-dealkylation sites (tertiary alicyclic amines) is 1. The van der Waals surface area contributed by atoms with E-state index in [9.17, 15) is 5.11 Å². The van der Waals surface area contributed by atoms with E-state index in [1.54, 1.807) is 0 Å². The van der Waals surface area contributed by atoms with E-state index in [-0.39, 0.29) is 0 Å². The number of nitrogens with zero attached hydrogens (tertiary/aromatic N) is 2. The zero-order valence-electron chi connectivity index (χ0n) is 11.2. The highest BCUT2D eigenvalue weighted by Crippen LogP contribution is 2.09. The summed E-state index contributed by atoms with van der Waals surface area (Å²) in [5, 5.41) is 9.80. The predicted octanol–water partition coefficient (Wildman–Crippen LogP) is 1.57. The molecule has 3 heteroatoms. The molecule has 1 aliphatic rings. The van der Waals surface area contributed by atoms with Crippen molar-refractivity contribution < 1.29 is 5.11 Å². The van der Waals surface area contributed by atoms with Crippen LogP contribution in [0.25, 0.3) is 0 Å². The Bertz CT molecular complexity index is 183. The van der Waals surface area contributed by atoms with E-state index < -0.39 is 5.60 Å². The molecule has 0 spiro atoms. The lowest BCUT2D eigenvalue weighted by molar-refractivity contribution is 0.0340. The fourth-order valence-corrected chi connectivity index (χ4v) is 2.36. The van der Waals surface area contributed by atoms with Crippen LogP contribution in [-0.4, -0.2) is 59.8 Å².